The predicted molar refractivity (Wildman–Crippen MR) is 102 cm³/mol. The number of carbonyl (C=O) groups is 1. The van der Waals surface area contributed by atoms with E-state index in [0.717, 1.165) is 16.6 Å². The summed E-state index contributed by atoms with van der Waals surface area (Å²) in [4.78, 5) is 16.6. The summed E-state index contributed by atoms with van der Waals surface area (Å²) in [6.07, 6.45) is 0. The third-order valence-electron chi connectivity index (χ3n) is 4.54. The molecule has 0 amide bonds. The Morgan fingerprint density at radius 1 is 1.04 bits per heavy atom. The van der Waals surface area contributed by atoms with Crippen LogP contribution in [-0.4, -0.2) is 21.7 Å². The highest BCUT2D eigenvalue weighted by Crippen LogP contribution is 2.36. The largest absolute Gasteiger partial charge is 0.507 e. The Labute approximate surface area is 156 Å². The number of hydrogen-bond acceptors (Lipinski definition) is 5. The number of aliphatic hydroxyl groups excluding tert-OH is 1. The molecular formula is C22H19NO4. The molecule has 0 fully saturated rings. The van der Waals surface area contributed by atoms with Crippen molar-refractivity contribution in [1.29, 1.82) is 0 Å². The van der Waals surface area contributed by atoms with Crippen LogP contribution in [0.5, 0.6) is 5.75 Å². The van der Waals surface area contributed by atoms with Gasteiger partial charge in [0.05, 0.1) is 11.2 Å². The van der Waals surface area contributed by atoms with Crippen LogP contribution in [0.2, 0.25) is 0 Å². The number of benzene rings is 2. The van der Waals surface area contributed by atoms with Gasteiger partial charge in [-0.15, -0.1) is 0 Å². The summed E-state index contributed by atoms with van der Waals surface area (Å²) in [7, 11) is 0. The smallest absolute Gasteiger partial charge is 0.343 e. The number of aromatic nitrogens is 1. The van der Waals surface area contributed by atoms with Gasteiger partial charge in [0.25, 0.3) is 0 Å². The molecule has 0 spiro atoms. The molecular weight excluding hydrogens is 342 g/mol. The first-order valence-corrected chi connectivity index (χ1v) is 8.69. The van der Waals surface area contributed by atoms with E-state index in [1.165, 1.54) is 0 Å². The zero-order valence-electron chi connectivity index (χ0n) is 15.1. The second-order valence-corrected chi connectivity index (χ2v) is 6.93. The first-order valence-electron chi connectivity index (χ1n) is 8.69. The Morgan fingerprint density at radius 2 is 1.78 bits per heavy atom. The highest BCUT2D eigenvalue weighted by Gasteiger charge is 2.41. The highest BCUT2D eigenvalue weighted by molar-refractivity contribution is 6.19. The van der Waals surface area contributed by atoms with Crippen LogP contribution in [0.4, 0.5) is 0 Å². The van der Waals surface area contributed by atoms with Gasteiger partial charge in [0.15, 0.2) is 11.4 Å². The topological polar surface area (TPSA) is 68.7 Å². The van der Waals surface area contributed by atoms with Gasteiger partial charge in [0.1, 0.15) is 17.9 Å². The Kier molecular flexibility index (Phi) is 4.07. The first kappa shape index (κ1) is 17.1. The number of ether oxygens (including phenoxy) is 2. The van der Waals surface area contributed by atoms with E-state index in [2.05, 4.69) is 4.98 Å². The molecule has 1 N–H and O–H groups in total. The van der Waals surface area contributed by atoms with E-state index in [-0.39, 0.29) is 11.3 Å². The lowest BCUT2D eigenvalue weighted by molar-refractivity contribution is -0.143. The monoisotopic (exact) mass is 361 g/mol. The van der Waals surface area contributed by atoms with E-state index in [1.807, 2.05) is 36.4 Å². The zero-order chi connectivity index (χ0) is 19.0. The quantitative estimate of drug-likeness (QED) is 0.697. The van der Waals surface area contributed by atoms with Gasteiger partial charge in [0, 0.05) is 5.39 Å². The summed E-state index contributed by atoms with van der Waals surface area (Å²) >= 11 is 0. The van der Waals surface area contributed by atoms with Crippen molar-refractivity contribution >= 4 is 22.4 Å². The Morgan fingerprint density at radius 3 is 2.48 bits per heavy atom. The number of cyclic esters (lactones) is 1. The number of fused-ring (bicyclic) bond motifs is 1. The molecule has 1 aliphatic heterocycles. The fraction of sp³-hybridized carbons (Fsp3) is 0.182. The summed E-state index contributed by atoms with van der Waals surface area (Å²) < 4.78 is 11.0. The standard InChI is InChI=1S/C22H19NO4/c1-22(2)20(24)19(21(25)27-22)15-8-11-17(12-9-15)26-13-16-10-7-14-5-3-4-6-18(14)23-16/h3-12,24H,13H2,1-2H3. The lowest BCUT2D eigenvalue weighted by Crippen LogP contribution is -2.22. The highest BCUT2D eigenvalue weighted by atomic mass is 16.6. The van der Waals surface area contributed by atoms with Gasteiger partial charge < -0.3 is 14.6 Å². The van der Waals surface area contributed by atoms with Gasteiger partial charge in [-0.25, -0.2) is 9.78 Å². The number of esters is 1. The van der Waals surface area contributed by atoms with E-state index in [0.29, 0.717) is 17.9 Å². The van der Waals surface area contributed by atoms with Crippen molar-refractivity contribution in [2.45, 2.75) is 26.1 Å². The molecule has 1 aliphatic rings. The SMILES string of the molecule is CC1(C)OC(=O)C(c2ccc(OCc3ccc4ccccc4n3)cc2)=C1O. The number of carbonyl (C=O) groups excluding carboxylic acids is 1. The van der Waals surface area contributed by atoms with Gasteiger partial charge in [-0.3, -0.25) is 0 Å². The first-order chi connectivity index (χ1) is 12.9. The molecule has 0 saturated carbocycles. The Bertz CT molecular complexity index is 1050. The molecule has 0 unspecified atom stereocenters. The van der Waals surface area contributed by atoms with Crippen molar-refractivity contribution in [3.63, 3.8) is 0 Å². The summed E-state index contributed by atoms with van der Waals surface area (Å²) in [5.74, 6) is 0.0764. The van der Waals surface area contributed by atoms with Gasteiger partial charge in [-0.2, -0.15) is 0 Å². The fourth-order valence-corrected chi connectivity index (χ4v) is 3.05. The van der Waals surface area contributed by atoms with E-state index >= 15 is 0 Å². The Hall–Kier alpha value is -3.34. The van der Waals surface area contributed by atoms with Crippen molar-refractivity contribution in [2.75, 3.05) is 0 Å². The van der Waals surface area contributed by atoms with Gasteiger partial charge in [-0.05, 0) is 43.7 Å². The zero-order valence-corrected chi connectivity index (χ0v) is 15.1. The molecule has 0 saturated heterocycles. The normalized spacial score (nSPS) is 15.9. The lowest BCUT2D eigenvalue weighted by Gasteiger charge is -2.16. The van der Waals surface area contributed by atoms with Crippen molar-refractivity contribution < 1.29 is 19.4 Å². The fourth-order valence-electron chi connectivity index (χ4n) is 3.05. The van der Waals surface area contributed by atoms with Gasteiger partial charge >= 0.3 is 5.97 Å². The Balaban J connectivity index is 1.49. The van der Waals surface area contributed by atoms with Crippen LogP contribution in [-0.2, 0) is 16.1 Å². The third kappa shape index (κ3) is 3.24. The third-order valence-corrected chi connectivity index (χ3v) is 4.54. The van der Waals surface area contributed by atoms with Crippen LogP contribution >= 0.6 is 0 Å². The second kappa shape index (κ2) is 6.43. The summed E-state index contributed by atoms with van der Waals surface area (Å²) in [5.41, 5.74) is 1.56. The van der Waals surface area contributed by atoms with Crippen LogP contribution in [0.1, 0.15) is 25.1 Å². The van der Waals surface area contributed by atoms with Crippen LogP contribution < -0.4 is 4.74 Å². The number of aliphatic hydroxyl groups is 1. The number of pyridine rings is 1. The molecule has 5 nitrogen and oxygen atoms in total. The molecule has 2 heterocycles. The van der Waals surface area contributed by atoms with Crippen molar-refractivity contribution in [2.24, 2.45) is 0 Å². The number of rotatable bonds is 4. The van der Waals surface area contributed by atoms with Crippen molar-refractivity contribution in [1.82, 2.24) is 4.98 Å². The number of nitrogens with zero attached hydrogens (tertiary/aromatic N) is 1. The maximum Gasteiger partial charge on any atom is 0.343 e. The minimum Gasteiger partial charge on any atom is -0.507 e. The molecule has 0 radical (unpaired) electrons. The van der Waals surface area contributed by atoms with Crippen molar-refractivity contribution in [3.8, 4) is 5.75 Å². The summed E-state index contributed by atoms with van der Waals surface area (Å²) in [6.45, 7) is 3.65. The van der Waals surface area contributed by atoms with Crippen LogP contribution in [0.25, 0.3) is 16.5 Å². The molecule has 136 valence electrons. The summed E-state index contributed by atoms with van der Waals surface area (Å²) in [6, 6.07) is 18.9. The van der Waals surface area contributed by atoms with Gasteiger partial charge in [0.2, 0.25) is 0 Å². The maximum atomic E-state index is 12.0. The molecule has 0 aliphatic carbocycles. The molecule has 0 atom stereocenters. The number of hydrogen-bond donors (Lipinski definition) is 1. The molecule has 27 heavy (non-hydrogen) atoms. The number of para-hydroxylation sites is 1. The summed E-state index contributed by atoms with van der Waals surface area (Å²) in [5, 5.41) is 11.3. The van der Waals surface area contributed by atoms with Crippen LogP contribution in [0, 0.1) is 0 Å². The van der Waals surface area contributed by atoms with Crippen LogP contribution in [0.3, 0.4) is 0 Å². The van der Waals surface area contributed by atoms with Gasteiger partial charge in [-0.1, -0.05) is 36.4 Å². The lowest BCUT2D eigenvalue weighted by atomic mass is 10.00. The second-order valence-electron chi connectivity index (χ2n) is 6.93. The van der Waals surface area contributed by atoms with E-state index in [9.17, 15) is 9.90 Å². The molecule has 1 aromatic heterocycles. The molecule has 5 heteroatoms. The molecule has 4 rings (SSSR count). The minimum absolute atomic E-state index is 0.0541. The minimum atomic E-state index is -0.997. The van der Waals surface area contributed by atoms with E-state index < -0.39 is 11.6 Å². The average molecular weight is 361 g/mol. The predicted octanol–water partition coefficient (Wildman–Crippen LogP) is 4.42. The van der Waals surface area contributed by atoms with E-state index in [1.54, 1.807) is 38.1 Å². The molecule has 2 aromatic carbocycles. The van der Waals surface area contributed by atoms with E-state index in [4.69, 9.17) is 9.47 Å². The van der Waals surface area contributed by atoms with Crippen LogP contribution in [0.15, 0.2) is 66.4 Å². The van der Waals surface area contributed by atoms with Crippen molar-refractivity contribution in [3.05, 3.63) is 77.7 Å². The molecule has 3 aromatic rings. The molecule has 0 bridgehead atoms. The average Bonchev–Trinajstić information content (AvgIpc) is 2.87. The maximum absolute atomic E-state index is 12.0.